The number of carboxylic acids is 1. The number of hydrogen-bond donors (Lipinski definition) is 3. The second kappa shape index (κ2) is 9.46. The molecule has 178 valence electrons. The Morgan fingerprint density at radius 1 is 0.882 bits per heavy atom. The number of amides is 2. The van der Waals surface area contributed by atoms with Crippen molar-refractivity contribution in [2.75, 3.05) is 19.8 Å². The van der Waals surface area contributed by atoms with Crippen LogP contribution in [0.4, 0.5) is 4.79 Å². The minimum Gasteiger partial charge on any atom is -0.481 e. The van der Waals surface area contributed by atoms with Crippen molar-refractivity contribution in [1.29, 1.82) is 0 Å². The van der Waals surface area contributed by atoms with Gasteiger partial charge in [0.25, 0.3) is 0 Å². The van der Waals surface area contributed by atoms with Crippen molar-refractivity contribution >= 4 is 18.0 Å². The third-order valence-corrected chi connectivity index (χ3v) is 7.23. The molecular weight excluding hydrogens is 436 g/mol. The van der Waals surface area contributed by atoms with E-state index in [1.54, 1.807) is 0 Å². The average Bonchev–Trinajstić information content (AvgIpc) is 3.55. The summed E-state index contributed by atoms with van der Waals surface area (Å²) < 4.78 is 10.9. The molecule has 5 rings (SSSR count). The predicted octanol–water partition coefficient (Wildman–Crippen LogP) is 2.91. The van der Waals surface area contributed by atoms with E-state index in [0.717, 1.165) is 28.7 Å². The molecule has 4 atom stereocenters. The van der Waals surface area contributed by atoms with Gasteiger partial charge in [0.2, 0.25) is 5.91 Å². The van der Waals surface area contributed by atoms with E-state index in [-0.39, 0.29) is 37.7 Å². The molecule has 2 aromatic rings. The van der Waals surface area contributed by atoms with Crippen LogP contribution in [0.5, 0.6) is 0 Å². The molecular formula is C26H28N2O6. The summed E-state index contributed by atoms with van der Waals surface area (Å²) >= 11 is 0. The zero-order valence-corrected chi connectivity index (χ0v) is 18.7. The predicted molar refractivity (Wildman–Crippen MR) is 123 cm³/mol. The average molecular weight is 465 g/mol. The maximum Gasteiger partial charge on any atom is 0.407 e. The zero-order chi connectivity index (χ0) is 23.7. The lowest BCUT2D eigenvalue weighted by molar-refractivity contribution is -0.142. The van der Waals surface area contributed by atoms with Crippen molar-refractivity contribution in [3.8, 4) is 11.1 Å². The van der Waals surface area contributed by atoms with Gasteiger partial charge in [0, 0.05) is 12.0 Å². The monoisotopic (exact) mass is 464 g/mol. The molecule has 2 unspecified atom stereocenters. The third-order valence-electron chi connectivity index (χ3n) is 7.23. The van der Waals surface area contributed by atoms with Crippen molar-refractivity contribution in [2.24, 2.45) is 11.8 Å². The molecule has 2 aromatic carbocycles. The summed E-state index contributed by atoms with van der Waals surface area (Å²) in [5, 5.41) is 15.0. The first-order valence-electron chi connectivity index (χ1n) is 11.8. The van der Waals surface area contributed by atoms with Gasteiger partial charge in [0.05, 0.1) is 25.2 Å². The summed E-state index contributed by atoms with van der Waals surface area (Å²) in [7, 11) is 0. The van der Waals surface area contributed by atoms with Crippen LogP contribution < -0.4 is 10.6 Å². The summed E-state index contributed by atoms with van der Waals surface area (Å²) in [6.07, 6.45) is 1.56. The molecule has 0 bridgehead atoms. The number of carbonyl (C=O) groups excluding carboxylic acids is 2. The van der Waals surface area contributed by atoms with Crippen LogP contribution in [0.25, 0.3) is 11.1 Å². The Balaban J connectivity index is 1.19. The summed E-state index contributed by atoms with van der Waals surface area (Å²) in [4.78, 5) is 36.9. The zero-order valence-electron chi connectivity index (χ0n) is 18.7. The summed E-state index contributed by atoms with van der Waals surface area (Å²) in [6, 6.07) is 15.4. The highest BCUT2D eigenvalue weighted by Crippen LogP contribution is 2.44. The van der Waals surface area contributed by atoms with Gasteiger partial charge in [-0.05, 0) is 35.1 Å². The third kappa shape index (κ3) is 4.25. The van der Waals surface area contributed by atoms with Gasteiger partial charge in [-0.3, -0.25) is 9.59 Å². The number of fused-ring (bicyclic) bond motifs is 3. The smallest absolute Gasteiger partial charge is 0.407 e. The number of aliphatic carboxylic acids is 1. The quantitative estimate of drug-likeness (QED) is 0.606. The molecule has 0 spiro atoms. The van der Waals surface area contributed by atoms with Gasteiger partial charge in [-0.15, -0.1) is 0 Å². The van der Waals surface area contributed by atoms with Gasteiger partial charge in [-0.25, -0.2) is 4.79 Å². The van der Waals surface area contributed by atoms with Crippen molar-refractivity contribution in [3.63, 3.8) is 0 Å². The number of hydrogen-bond acceptors (Lipinski definition) is 5. The molecule has 3 aliphatic rings. The molecule has 2 amide bonds. The van der Waals surface area contributed by atoms with Crippen molar-refractivity contribution in [2.45, 2.75) is 37.3 Å². The Labute approximate surface area is 197 Å². The van der Waals surface area contributed by atoms with Crippen LogP contribution in [-0.4, -0.2) is 55.0 Å². The number of rotatable bonds is 6. The highest BCUT2D eigenvalue weighted by molar-refractivity contribution is 5.82. The van der Waals surface area contributed by atoms with Crippen LogP contribution in [0, 0.1) is 11.8 Å². The minimum atomic E-state index is -0.984. The second-order valence-electron chi connectivity index (χ2n) is 9.21. The van der Waals surface area contributed by atoms with E-state index in [9.17, 15) is 19.5 Å². The molecule has 8 heteroatoms. The van der Waals surface area contributed by atoms with Crippen LogP contribution in [-0.2, 0) is 19.1 Å². The Kier molecular flexibility index (Phi) is 6.24. The highest BCUT2D eigenvalue weighted by atomic mass is 16.5. The molecule has 1 saturated carbocycles. The van der Waals surface area contributed by atoms with Crippen LogP contribution in [0.1, 0.15) is 36.3 Å². The lowest BCUT2D eigenvalue weighted by atomic mass is 9.98. The van der Waals surface area contributed by atoms with E-state index in [1.165, 1.54) is 0 Å². The molecule has 8 nitrogen and oxygen atoms in total. The van der Waals surface area contributed by atoms with Gasteiger partial charge in [0.1, 0.15) is 12.5 Å². The van der Waals surface area contributed by atoms with Gasteiger partial charge >= 0.3 is 12.1 Å². The molecule has 1 heterocycles. The molecule has 0 aromatic heterocycles. The van der Waals surface area contributed by atoms with Crippen LogP contribution in [0.15, 0.2) is 48.5 Å². The largest absolute Gasteiger partial charge is 0.481 e. The SMILES string of the molecule is O=C(N[C@@H]1CCC[C@@H]1C(=O)NC1COCC1C(=O)O)OCC1c2ccccc2-c2ccccc21. The number of ether oxygens (including phenoxy) is 2. The Hall–Kier alpha value is -3.39. The standard InChI is InChI=1S/C26H28N2O6/c29-24(27-23-14-33-12-21(23)25(30)31)19-10-5-11-22(19)28-26(32)34-13-20-17-8-3-1-6-15(17)16-7-2-4-9-18(16)20/h1-4,6-9,19-23H,5,10-14H2,(H,27,29)(H,28,32)(H,30,31)/t19-,21?,22+,23?/m0/s1. The van der Waals surface area contributed by atoms with Crippen LogP contribution >= 0.6 is 0 Å². The van der Waals surface area contributed by atoms with Gasteiger partial charge in [-0.2, -0.15) is 0 Å². The topological polar surface area (TPSA) is 114 Å². The molecule has 3 N–H and O–H groups in total. The lowest BCUT2D eigenvalue weighted by Gasteiger charge is -2.23. The fraction of sp³-hybridized carbons (Fsp3) is 0.423. The second-order valence-corrected chi connectivity index (χ2v) is 9.21. The number of carbonyl (C=O) groups is 3. The summed E-state index contributed by atoms with van der Waals surface area (Å²) in [5.41, 5.74) is 4.60. The van der Waals surface area contributed by atoms with E-state index >= 15 is 0 Å². The van der Waals surface area contributed by atoms with Gasteiger partial charge in [-0.1, -0.05) is 55.0 Å². The summed E-state index contributed by atoms with van der Waals surface area (Å²) in [5.74, 6) is -2.43. The Morgan fingerprint density at radius 2 is 1.56 bits per heavy atom. The maximum absolute atomic E-state index is 12.9. The molecule has 2 aliphatic carbocycles. The fourth-order valence-corrected chi connectivity index (χ4v) is 5.47. The van der Waals surface area contributed by atoms with Crippen molar-refractivity contribution < 1.29 is 29.0 Å². The van der Waals surface area contributed by atoms with Crippen molar-refractivity contribution in [1.82, 2.24) is 10.6 Å². The van der Waals surface area contributed by atoms with E-state index in [1.807, 2.05) is 24.3 Å². The first-order chi connectivity index (χ1) is 16.5. The summed E-state index contributed by atoms with van der Waals surface area (Å²) in [6.45, 7) is 0.482. The molecule has 0 radical (unpaired) electrons. The molecule has 34 heavy (non-hydrogen) atoms. The normalized spacial score (nSPS) is 25.4. The maximum atomic E-state index is 12.9. The first-order valence-corrected chi connectivity index (χ1v) is 11.8. The number of carboxylic acid groups (broad SMARTS) is 1. The number of benzene rings is 2. The fourth-order valence-electron chi connectivity index (χ4n) is 5.47. The van der Waals surface area contributed by atoms with Gasteiger partial charge < -0.3 is 25.2 Å². The lowest BCUT2D eigenvalue weighted by Crippen LogP contribution is -2.49. The Morgan fingerprint density at radius 3 is 2.24 bits per heavy atom. The van der Waals surface area contributed by atoms with Gasteiger partial charge in [0.15, 0.2) is 0 Å². The van der Waals surface area contributed by atoms with E-state index in [4.69, 9.17) is 9.47 Å². The highest BCUT2D eigenvalue weighted by Gasteiger charge is 2.40. The molecule has 1 aliphatic heterocycles. The first kappa shape index (κ1) is 22.4. The minimum absolute atomic E-state index is 0.0313. The van der Waals surface area contributed by atoms with Crippen LogP contribution in [0.3, 0.4) is 0 Å². The van der Waals surface area contributed by atoms with E-state index < -0.39 is 29.9 Å². The Bertz CT molecular complexity index is 1060. The molecule has 2 fully saturated rings. The van der Waals surface area contributed by atoms with E-state index in [0.29, 0.717) is 12.8 Å². The van der Waals surface area contributed by atoms with Crippen LogP contribution in [0.2, 0.25) is 0 Å². The number of nitrogens with one attached hydrogen (secondary N) is 2. The van der Waals surface area contributed by atoms with Crippen molar-refractivity contribution in [3.05, 3.63) is 59.7 Å². The molecule has 1 saturated heterocycles. The number of alkyl carbamates (subject to hydrolysis) is 1. The van der Waals surface area contributed by atoms with E-state index in [2.05, 4.69) is 34.9 Å².